The predicted octanol–water partition coefficient (Wildman–Crippen LogP) is 3.53. The molecule has 0 unspecified atom stereocenters. The van der Waals surface area contributed by atoms with Crippen molar-refractivity contribution < 1.29 is 4.79 Å². The summed E-state index contributed by atoms with van der Waals surface area (Å²) in [6, 6.07) is 15.3. The van der Waals surface area contributed by atoms with Crippen molar-refractivity contribution in [3.05, 3.63) is 54.1 Å². The Morgan fingerprint density at radius 2 is 1.76 bits per heavy atom. The van der Waals surface area contributed by atoms with Crippen molar-refractivity contribution in [2.24, 2.45) is 0 Å². The number of anilines is 1. The number of rotatable bonds is 3. The van der Waals surface area contributed by atoms with Gasteiger partial charge in [-0.1, -0.05) is 37.3 Å². The van der Waals surface area contributed by atoms with Crippen LogP contribution in [-0.2, 0) is 0 Å². The van der Waals surface area contributed by atoms with Crippen LogP contribution in [0.2, 0.25) is 0 Å². The zero-order chi connectivity index (χ0) is 12.3. The van der Waals surface area contributed by atoms with Gasteiger partial charge in [0.25, 0.3) is 0 Å². The number of hydrogen-bond donors (Lipinski definition) is 1. The number of nitrogens with two attached hydrogens (primary N) is 1. The second-order valence-corrected chi connectivity index (χ2v) is 3.98. The quantitative estimate of drug-likeness (QED) is 0.641. The summed E-state index contributed by atoms with van der Waals surface area (Å²) in [5.74, 6) is 0.169. The average molecular weight is 225 g/mol. The van der Waals surface area contributed by atoms with Crippen molar-refractivity contribution in [2.45, 2.75) is 13.3 Å². The largest absolute Gasteiger partial charge is 0.399 e. The van der Waals surface area contributed by atoms with Crippen LogP contribution in [0.5, 0.6) is 0 Å². The molecule has 0 aliphatic carbocycles. The Bertz CT molecular complexity index is 529. The van der Waals surface area contributed by atoms with Crippen molar-refractivity contribution in [3.8, 4) is 11.1 Å². The van der Waals surface area contributed by atoms with Crippen molar-refractivity contribution in [1.29, 1.82) is 0 Å². The summed E-state index contributed by atoms with van der Waals surface area (Å²) in [7, 11) is 0. The molecule has 86 valence electrons. The van der Waals surface area contributed by atoms with Crippen molar-refractivity contribution >= 4 is 11.5 Å². The number of Topliss-reactive ketones (excluding diaryl/α,β-unsaturated/α-hetero) is 1. The molecule has 0 saturated carbocycles. The number of carbonyl (C=O) groups is 1. The molecule has 2 aromatic rings. The van der Waals surface area contributed by atoms with Crippen LogP contribution in [0.3, 0.4) is 0 Å². The summed E-state index contributed by atoms with van der Waals surface area (Å²) in [6.45, 7) is 1.87. The smallest absolute Gasteiger partial charge is 0.162 e. The third-order valence-electron chi connectivity index (χ3n) is 2.75. The topological polar surface area (TPSA) is 43.1 Å². The van der Waals surface area contributed by atoms with Crippen LogP contribution in [0.25, 0.3) is 11.1 Å². The highest BCUT2D eigenvalue weighted by Gasteiger charge is 2.04. The molecule has 0 heterocycles. The first-order valence-corrected chi connectivity index (χ1v) is 5.70. The van der Waals surface area contributed by atoms with E-state index in [4.69, 9.17) is 5.73 Å². The molecule has 0 aliphatic rings. The Morgan fingerprint density at radius 3 is 2.41 bits per heavy atom. The maximum atomic E-state index is 11.6. The highest BCUT2D eigenvalue weighted by Crippen LogP contribution is 2.22. The van der Waals surface area contributed by atoms with Gasteiger partial charge in [-0.05, 0) is 29.3 Å². The van der Waals surface area contributed by atoms with Crippen LogP contribution in [0.4, 0.5) is 5.69 Å². The molecule has 0 bridgehead atoms. The van der Waals surface area contributed by atoms with E-state index in [0.717, 1.165) is 22.4 Å². The summed E-state index contributed by atoms with van der Waals surface area (Å²) in [4.78, 5) is 11.6. The summed E-state index contributed by atoms with van der Waals surface area (Å²) >= 11 is 0. The van der Waals surface area contributed by atoms with Gasteiger partial charge < -0.3 is 5.73 Å². The molecule has 2 rings (SSSR count). The normalized spacial score (nSPS) is 10.2. The molecule has 0 spiro atoms. The summed E-state index contributed by atoms with van der Waals surface area (Å²) in [5, 5.41) is 0. The molecule has 2 heteroatoms. The van der Waals surface area contributed by atoms with Gasteiger partial charge in [-0.2, -0.15) is 0 Å². The fourth-order valence-corrected chi connectivity index (χ4v) is 1.75. The Morgan fingerprint density at radius 1 is 1.06 bits per heavy atom. The lowest BCUT2D eigenvalue weighted by molar-refractivity contribution is 0.0988. The summed E-state index contributed by atoms with van der Waals surface area (Å²) < 4.78 is 0. The Kier molecular flexibility index (Phi) is 3.24. The van der Waals surface area contributed by atoms with Gasteiger partial charge in [0.05, 0.1) is 0 Å². The molecule has 2 N–H and O–H groups in total. The van der Waals surface area contributed by atoms with Crippen LogP contribution in [-0.4, -0.2) is 5.78 Å². The molecule has 0 aliphatic heterocycles. The van der Waals surface area contributed by atoms with E-state index in [1.807, 2.05) is 55.5 Å². The third-order valence-corrected chi connectivity index (χ3v) is 2.75. The van der Waals surface area contributed by atoms with Crippen LogP contribution >= 0.6 is 0 Å². The van der Waals surface area contributed by atoms with E-state index >= 15 is 0 Å². The van der Waals surface area contributed by atoms with E-state index in [9.17, 15) is 4.79 Å². The van der Waals surface area contributed by atoms with E-state index in [0.29, 0.717) is 6.42 Å². The van der Waals surface area contributed by atoms with E-state index in [1.54, 1.807) is 0 Å². The van der Waals surface area contributed by atoms with Crippen molar-refractivity contribution in [2.75, 3.05) is 5.73 Å². The molecule has 0 radical (unpaired) electrons. The number of ketones is 1. The van der Waals surface area contributed by atoms with Gasteiger partial charge in [-0.3, -0.25) is 4.79 Å². The minimum atomic E-state index is 0.169. The summed E-state index contributed by atoms with van der Waals surface area (Å²) in [5.41, 5.74) is 9.28. The zero-order valence-electron chi connectivity index (χ0n) is 9.81. The third kappa shape index (κ3) is 2.53. The molecular weight excluding hydrogens is 210 g/mol. The molecule has 0 fully saturated rings. The van der Waals surface area contributed by atoms with E-state index in [-0.39, 0.29) is 5.78 Å². The van der Waals surface area contributed by atoms with Gasteiger partial charge in [-0.25, -0.2) is 0 Å². The van der Waals surface area contributed by atoms with E-state index in [2.05, 4.69) is 0 Å². The molecule has 0 amide bonds. The first-order valence-electron chi connectivity index (χ1n) is 5.70. The van der Waals surface area contributed by atoms with Crippen LogP contribution < -0.4 is 5.73 Å². The number of carbonyl (C=O) groups excluding carboxylic acids is 1. The fraction of sp³-hybridized carbons (Fsp3) is 0.133. The minimum Gasteiger partial charge on any atom is -0.399 e. The Balaban J connectivity index is 2.39. The fourth-order valence-electron chi connectivity index (χ4n) is 1.75. The SMILES string of the molecule is CCC(=O)c1cccc(-c2ccc(N)cc2)c1. The summed E-state index contributed by atoms with van der Waals surface area (Å²) in [6.07, 6.45) is 0.533. The number of hydrogen-bond acceptors (Lipinski definition) is 2. The van der Waals surface area contributed by atoms with Crippen molar-refractivity contribution in [1.82, 2.24) is 0 Å². The zero-order valence-corrected chi connectivity index (χ0v) is 9.81. The minimum absolute atomic E-state index is 0.169. The van der Waals surface area contributed by atoms with Gasteiger partial charge in [0.15, 0.2) is 5.78 Å². The highest BCUT2D eigenvalue weighted by molar-refractivity contribution is 5.97. The molecule has 0 saturated heterocycles. The lowest BCUT2D eigenvalue weighted by atomic mass is 10.0. The van der Waals surface area contributed by atoms with E-state index < -0.39 is 0 Å². The van der Waals surface area contributed by atoms with Gasteiger partial charge in [-0.15, -0.1) is 0 Å². The van der Waals surface area contributed by atoms with Crippen LogP contribution in [0.15, 0.2) is 48.5 Å². The first-order chi connectivity index (χ1) is 8.20. The number of nitrogen functional groups attached to an aromatic ring is 1. The standard InChI is InChI=1S/C15H15NO/c1-2-15(17)13-5-3-4-12(10-13)11-6-8-14(16)9-7-11/h3-10H,2,16H2,1H3. The lowest BCUT2D eigenvalue weighted by Gasteiger charge is -2.04. The first kappa shape index (κ1) is 11.4. The Hall–Kier alpha value is -2.09. The van der Waals surface area contributed by atoms with Crippen molar-refractivity contribution in [3.63, 3.8) is 0 Å². The van der Waals surface area contributed by atoms with Gasteiger partial charge in [0, 0.05) is 17.7 Å². The molecule has 2 aromatic carbocycles. The second-order valence-electron chi connectivity index (χ2n) is 3.98. The average Bonchev–Trinajstić information content (AvgIpc) is 2.39. The monoisotopic (exact) mass is 225 g/mol. The molecule has 0 atom stereocenters. The highest BCUT2D eigenvalue weighted by atomic mass is 16.1. The maximum absolute atomic E-state index is 11.6. The van der Waals surface area contributed by atoms with Gasteiger partial charge >= 0.3 is 0 Å². The van der Waals surface area contributed by atoms with Gasteiger partial charge in [0.1, 0.15) is 0 Å². The predicted molar refractivity (Wildman–Crippen MR) is 70.9 cm³/mol. The maximum Gasteiger partial charge on any atom is 0.162 e. The molecule has 2 nitrogen and oxygen atoms in total. The van der Waals surface area contributed by atoms with Crippen LogP contribution in [0, 0.1) is 0 Å². The van der Waals surface area contributed by atoms with Crippen LogP contribution in [0.1, 0.15) is 23.7 Å². The van der Waals surface area contributed by atoms with E-state index in [1.165, 1.54) is 0 Å². The second kappa shape index (κ2) is 4.83. The molecule has 17 heavy (non-hydrogen) atoms. The molecule has 0 aromatic heterocycles. The molecular formula is C15H15NO. The number of benzene rings is 2. The van der Waals surface area contributed by atoms with Gasteiger partial charge in [0.2, 0.25) is 0 Å². The lowest BCUT2D eigenvalue weighted by Crippen LogP contribution is -1.96. The Labute approximate surface area is 101 Å².